The van der Waals surface area contributed by atoms with Crippen molar-refractivity contribution in [3.8, 4) is 0 Å². The first-order chi connectivity index (χ1) is 18.0. The highest BCUT2D eigenvalue weighted by Crippen LogP contribution is 2.64. The number of hydrogen-bond donors (Lipinski definition) is 3. The van der Waals surface area contributed by atoms with Gasteiger partial charge in [-0.1, -0.05) is 44.4 Å². The molecule has 0 aromatic heterocycles. The standard InChI is InChI=1S/C29H41N3O5/c1-2-28-16-17-29(37-28)23(22(28)25(34)30-20-12-6-3-7-13-20)27(36)32(18-10-5-11-19-33)24(29)26(35)31-21-14-8-4-9-15-21/h3,6-7,12-13,21-24,33H,2,4-5,8-11,14-19H2,1H3,(H,30,34)(H,31,35)/t22-,23-,24?,28+,29?/m0/s1. The van der Waals surface area contributed by atoms with Gasteiger partial charge in [-0.2, -0.15) is 0 Å². The van der Waals surface area contributed by atoms with Gasteiger partial charge in [0.05, 0.1) is 17.4 Å². The maximum atomic E-state index is 14.1. The molecule has 1 aliphatic carbocycles. The molecule has 1 spiro atoms. The number of aliphatic hydroxyl groups excluding tert-OH is 1. The van der Waals surface area contributed by atoms with Crippen LogP contribution in [0.2, 0.25) is 0 Å². The van der Waals surface area contributed by atoms with E-state index in [1.165, 1.54) is 6.42 Å². The van der Waals surface area contributed by atoms with Crippen molar-refractivity contribution in [2.75, 3.05) is 18.5 Å². The van der Waals surface area contributed by atoms with E-state index >= 15 is 0 Å². The summed E-state index contributed by atoms with van der Waals surface area (Å²) in [6, 6.07) is 8.69. The lowest BCUT2D eigenvalue weighted by Crippen LogP contribution is -2.57. The highest BCUT2D eigenvalue weighted by atomic mass is 16.5. The Balaban J connectivity index is 1.46. The van der Waals surface area contributed by atoms with Crippen LogP contribution in [0.5, 0.6) is 0 Å². The van der Waals surface area contributed by atoms with Crippen molar-refractivity contribution in [2.24, 2.45) is 11.8 Å². The first-order valence-electron chi connectivity index (χ1n) is 14.2. The minimum absolute atomic E-state index is 0.107. The van der Waals surface area contributed by atoms with Gasteiger partial charge in [0.25, 0.3) is 0 Å². The number of nitrogens with zero attached hydrogens (tertiary/aromatic N) is 1. The van der Waals surface area contributed by atoms with Crippen LogP contribution in [-0.4, -0.2) is 64.2 Å². The second kappa shape index (κ2) is 10.7. The number of ether oxygens (including phenoxy) is 1. The molecule has 2 bridgehead atoms. The fourth-order valence-electron chi connectivity index (χ4n) is 7.50. The predicted molar refractivity (Wildman–Crippen MR) is 140 cm³/mol. The normalized spacial score (nSPS) is 33.0. The zero-order valence-electron chi connectivity index (χ0n) is 21.9. The van der Waals surface area contributed by atoms with E-state index in [1.807, 2.05) is 37.3 Å². The molecule has 37 heavy (non-hydrogen) atoms. The molecule has 8 nitrogen and oxygen atoms in total. The zero-order valence-corrected chi connectivity index (χ0v) is 21.9. The Labute approximate surface area is 219 Å². The second-order valence-electron chi connectivity index (χ2n) is 11.3. The largest absolute Gasteiger partial charge is 0.396 e. The topological polar surface area (TPSA) is 108 Å². The highest BCUT2D eigenvalue weighted by molar-refractivity contribution is 6.02. The van der Waals surface area contributed by atoms with Crippen LogP contribution in [0.25, 0.3) is 0 Å². The maximum absolute atomic E-state index is 14.1. The molecular weight excluding hydrogens is 470 g/mol. The third-order valence-electron chi connectivity index (χ3n) is 9.26. The van der Waals surface area contributed by atoms with Crippen LogP contribution in [0.1, 0.15) is 77.6 Å². The third kappa shape index (κ3) is 4.56. The zero-order chi connectivity index (χ0) is 26.0. The number of para-hydroxylation sites is 1. The summed E-state index contributed by atoms with van der Waals surface area (Å²) in [7, 11) is 0. The minimum Gasteiger partial charge on any atom is -0.396 e. The van der Waals surface area contributed by atoms with Crippen molar-refractivity contribution in [1.29, 1.82) is 0 Å². The summed E-state index contributed by atoms with van der Waals surface area (Å²) in [5.41, 5.74) is -1.04. The molecule has 202 valence electrons. The average Bonchev–Trinajstić information content (AvgIpc) is 3.51. The van der Waals surface area contributed by atoms with Crippen molar-refractivity contribution >= 4 is 23.4 Å². The maximum Gasteiger partial charge on any atom is 0.246 e. The van der Waals surface area contributed by atoms with Crippen molar-refractivity contribution in [3.05, 3.63) is 30.3 Å². The van der Waals surface area contributed by atoms with Gasteiger partial charge in [-0.25, -0.2) is 0 Å². The Bertz CT molecular complexity index is 997. The fraction of sp³-hybridized carbons (Fsp3) is 0.690. The third-order valence-corrected chi connectivity index (χ3v) is 9.26. The summed E-state index contributed by atoms with van der Waals surface area (Å²) < 4.78 is 6.82. The summed E-state index contributed by atoms with van der Waals surface area (Å²) >= 11 is 0. The number of carbonyl (C=O) groups is 3. The number of likely N-dealkylation sites (tertiary alicyclic amines) is 1. The van der Waals surface area contributed by atoms with E-state index in [4.69, 9.17) is 4.74 Å². The SMILES string of the molecule is CC[C@]12CCC3(O1)C(C(=O)NC1CCCCC1)N(CCCCCO)C(=O)[C@@H]3[C@H]2C(=O)Nc1ccccc1. The molecular formula is C29H41N3O5. The number of anilines is 1. The average molecular weight is 512 g/mol. The number of aliphatic hydroxyl groups is 1. The molecule has 8 heteroatoms. The minimum atomic E-state index is -0.985. The fourth-order valence-corrected chi connectivity index (χ4v) is 7.50. The summed E-state index contributed by atoms with van der Waals surface area (Å²) in [6.07, 6.45) is 9.31. The Morgan fingerprint density at radius 2 is 1.81 bits per heavy atom. The molecule has 1 aromatic rings. The summed E-state index contributed by atoms with van der Waals surface area (Å²) in [5, 5.41) is 15.5. The predicted octanol–water partition coefficient (Wildman–Crippen LogP) is 3.39. The van der Waals surface area contributed by atoms with Gasteiger partial charge in [0.1, 0.15) is 11.6 Å². The van der Waals surface area contributed by atoms with E-state index in [1.54, 1.807) is 4.90 Å². The summed E-state index contributed by atoms with van der Waals surface area (Å²) in [6.45, 7) is 2.54. The van der Waals surface area contributed by atoms with Crippen LogP contribution in [0, 0.1) is 11.8 Å². The molecule has 3 amide bonds. The van der Waals surface area contributed by atoms with Gasteiger partial charge in [-0.05, 0) is 63.5 Å². The van der Waals surface area contributed by atoms with Crippen LogP contribution in [-0.2, 0) is 19.1 Å². The number of benzene rings is 1. The van der Waals surface area contributed by atoms with E-state index in [-0.39, 0.29) is 30.4 Å². The lowest BCUT2D eigenvalue weighted by atomic mass is 9.65. The van der Waals surface area contributed by atoms with Crippen molar-refractivity contribution < 1.29 is 24.2 Å². The molecule has 4 aliphatic rings. The Morgan fingerprint density at radius 3 is 2.51 bits per heavy atom. The molecule has 1 saturated carbocycles. The van der Waals surface area contributed by atoms with Crippen LogP contribution in [0.3, 0.4) is 0 Å². The molecule has 5 atom stereocenters. The lowest BCUT2D eigenvalue weighted by molar-refractivity contribution is -0.147. The van der Waals surface area contributed by atoms with E-state index in [2.05, 4.69) is 10.6 Å². The first kappa shape index (κ1) is 26.2. The van der Waals surface area contributed by atoms with Gasteiger partial charge in [-0.15, -0.1) is 0 Å². The second-order valence-corrected chi connectivity index (χ2v) is 11.3. The van der Waals surface area contributed by atoms with E-state index in [9.17, 15) is 19.5 Å². The lowest BCUT2D eigenvalue weighted by Gasteiger charge is -2.35. The number of fused-ring (bicyclic) bond motifs is 1. The number of unbranched alkanes of at least 4 members (excludes halogenated alkanes) is 2. The monoisotopic (exact) mass is 511 g/mol. The number of amides is 3. The molecule has 3 saturated heterocycles. The van der Waals surface area contributed by atoms with Crippen LogP contribution in [0.4, 0.5) is 5.69 Å². The Hall–Kier alpha value is -2.45. The van der Waals surface area contributed by atoms with Gasteiger partial charge in [0.2, 0.25) is 17.7 Å². The smallest absolute Gasteiger partial charge is 0.246 e. The molecule has 3 heterocycles. The van der Waals surface area contributed by atoms with Gasteiger partial charge in [0, 0.05) is 24.9 Å². The molecule has 2 unspecified atom stereocenters. The Kier molecular flexibility index (Phi) is 7.59. The molecule has 3 N–H and O–H groups in total. The molecule has 3 aliphatic heterocycles. The first-order valence-corrected chi connectivity index (χ1v) is 14.2. The number of nitrogens with one attached hydrogen (secondary N) is 2. The number of carbonyl (C=O) groups excluding carboxylic acids is 3. The van der Waals surface area contributed by atoms with Gasteiger partial charge < -0.3 is 25.4 Å². The van der Waals surface area contributed by atoms with Crippen LogP contribution < -0.4 is 10.6 Å². The van der Waals surface area contributed by atoms with Crippen LogP contribution >= 0.6 is 0 Å². The van der Waals surface area contributed by atoms with E-state index in [0.29, 0.717) is 44.3 Å². The molecule has 1 aromatic carbocycles. The van der Waals surface area contributed by atoms with Gasteiger partial charge in [0.15, 0.2) is 0 Å². The summed E-state index contributed by atoms with van der Waals surface area (Å²) in [4.78, 5) is 43.5. The quantitative estimate of drug-likeness (QED) is 0.418. The van der Waals surface area contributed by atoms with E-state index in [0.717, 1.165) is 32.1 Å². The van der Waals surface area contributed by atoms with Gasteiger partial charge in [-0.3, -0.25) is 14.4 Å². The molecule has 5 rings (SSSR count). The highest BCUT2D eigenvalue weighted by Gasteiger charge is 2.78. The van der Waals surface area contributed by atoms with Crippen molar-refractivity contribution in [1.82, 2.24) is 10.2 Å². The summed E-state index contributed by atoms with van der Waals surface area (Å²) in [5.74, 6) is -1.81. The number of rotatable bonds is 10. The van der Waals surface area contributed by atoms with Gasteiger partial charge >= 0.3 is 0 Å². The molecule has 0 radical (unpaired) electrons. The Morgan fingerprint density at radius 1 is 1.05 bits per heavy atom. The molecule has 4 fully saturated rings. The van der Waals surface area contributed by atoms with Crippen molar-refractivity contribution in [2.45, 2.75) is 101 Å². The van der Waals surface area contributed by atoms with E-state index < -0.39 is 29.1 Å². The van der Waals surface area contributed by atoms with Crippen molar-refractivity contribution in [3.63, 3.8) is 0 Å². The van der Waals surface area contributed by atoms with Crippen LogP contribution in [0.15, 0.2) is 30.3 Å². The number of hydrogen-bond acceptors (Lipinski definition) is 5.